The predicted molar refractivity (Wildman–Crippen MR) is 152 cm³/mol. The minimum atomic E-state index is -4.33. The fourth-order valence-electron chi connectivity index (χ4n) is 5.76. The second-order valence-corrected chi connectivity index (χ2v) is 16.3. The van der Waals surface area contributed by atoms with Crippen molar-refractivity contribution < 1.29 is 17.8 Å². The molecule has 4 rings (SSSR count). The van der Waals surface area contributed by atoms with E-state index in [4.69, 9.17) is 0 Å². The van der Waals surface area contributed by atoms with Gasteiger partial charge in [0, 0.05) is 11.8 Å². The highest BCUT2D eigenvalue weighted by Gasteiger charge is 2.64. The van der Waals surface area contributed by atoms with Gasteiger partial charge in [0.1, 0.15) is 5.78 Å². The van der Waals surface area contributed by atoms with Crippen molar-refractivity contribution >= 4 is 35.1 Å². The fraction of sp³-hybridized carbons (Fsp3) is 0.567. The summed E-state index contributed by atoms with van der Waals surface area (Å²) in [6, 6.07) is 18.3. The molecule has 0 aliphatic heterocycles. The molecular formula is C30H43O4PS. The lowest BCUT2D eigenvalue weighted by Crippen LogP contribution is -2.42. The molecule has 6 heteroatoms. The third kappa shape index (κ3) is 6.29. The lowest BCUT2D eigenvalue weighted by Gasteiger charge is -2.37. The molecule has 2 aromatic rings. The first-order chi connectivity index (χ1) is 16.3. The van der Waals surface area contributed by atoms with Crippen LogP contribution in [0.2, 0.25) is 0 Å². The van der Waals surface area contributed by atoms with Crippen molar-refractivity contribution in [2.24, 2.45) is 16.7 Å². The summed E-state index contributed by atoms with van der Waals surface area (Å²) in [5.41, 5.74) is 2.08. The SMILES string of the molecule is CC(C)(C)c1ccc([PH2+]c2ccc(C(C)(C)C)cc2)cc1.CC1(C)C2CCC1(CS(=O)(=O)[O-])C(=O)C2. The van der Waals surface area contributed by atoms with E-state index in [0.29, 0.717) is 12.8 Å². The second kappa shape index (κ2) is 9.97. The zero-order valence-corrected chi connectivity index (χ0v) is 25.1. The van der Waals surface area contributed by atoms with Crippen LogP contribution in [0, 0.1) is 16.7 Å². The minimum absolute atomic E-state index is 0.0248. The van der Waals surface area contributed by atoms with Crippen molar-refractivity contribution in [3.8, 4) is 0 Å². The second-order valence-electron chi connectivity index (χ2n) is 13.3. The standard InChI is InChI=1S/C20H27P.C10H16O4S/c1-19(2,3)15-7-11-17(12-8-15)21-18-13-9-16(10-14-18)20(4,5)6;1-9(2)7-3-4-10(9,8(11)5-7)6-15(12,13)14/h7-14,21H,1-6H3;7H,3-6H2,1-2H3,(H,12,13,14). The maximum atomic E-state index is 11.8. The first-order valence-corrected chi connectivity index (χ1v) is 15.6. The third-order valence-corrected chi connectivity index (χ3v) is 10.7. The van der Waals surface area contributed by atoms with Crippen LogP contribution in [-0.2, 0) is 25.7 Å². The van der Waals surface area contributed by atoms with E-state index >= 15 is 0 Å². The van der Waals surface area contributed by atoms with Crippen LogP contribution >= 0.6 is 8.58 Å². The van der Waals surface area contributed by atoms with Crippen molar-refractivity contribution in [1.82, 2.24) is 0 Å². The normalized spacial score (nSPS) is 23.4. The van der Waals surface area contributed by atoms with Crippen LogP contribution in [0.5, 0.6) is 0 Å². The monoisotopic (exact) mass is 530 g/mol. The van der Waals surface area contributed by atoms with Gasteiger partial charge in [0.25, 0.3) is 0 Å². The van der Waals surface area contributed by atoms with Crippen molar-refractivity contribution in [2.75, 3.05) is 5.75 Å². The number of ketones is 1. The summed E-state index contributed by atoms with van der Waals surface area (Å²) in [6.45, 7) is 17.4. The molecule has 36 heavy (non-hydrogen) atoms. The number of hydrogen-bond donors (Lipinski definition) is 0. The Morgan fingerprint density at radius 3 is 1.56 bits per heavy atom. The molecular weight excluding hydrogens is 487 g/mol. The topological polar surface area (TPSA) is 74.3 Å². The highest BCUT2D eigenvalue weighted by Crippen LogP contribution is 2.64. The molecule has 0 radical (unpaired) electrons. The number of carbonyl (C=O) groups excluding carboxylic acids is 1. The van der Waals surface area contributed by atoms with E-state index in [1.165, 1.54) is 21.7 Å². The molecule has 0 N–H and O–H groups in total. The average Bonchev–Trinajstić information content (AvgIpc) is 3.07. The molecule has 2 aliphatic rings. The summed E-state index contributed by atoms with van der Waals surface area (Å²) in [5, 5.41) is 2.93. The summed E-state index contributed by atoms with van der Waals surface area (Å²) in [4.78, 5) is 11.8. The Morgan fingerprint density at radius 2 is 1.28 bits per heavy atom. The molecule has 2 saturated carbocycles. The molecule has 4 nitrogen and oxygen atoms in total. The van der Waals surface area contributed by atoms with Gasteiger partial charge in [-0.15, -0.1) is 0 Å². The molecule has 0 heterocycles. The molecule has 2 bridgehead atoms. The zero-order valence-electron chi connectivity index (χ0n) is 23.1. The number of carbonyl (C=O) groups is 1. The van der Waals surface area contributed by atoms with Crippen LogP contribution in [0.3, 0.4) is 0 Å². The lowest BCUT2D eigenvalue weighted by atomic mass is 9.70. The molecule has 0 amide bonds. The van der Waals surface area contributed by atoms with Crippen molar-refractivity contribution in [2.45, 2.75) is 85.5 Å². The summed E-state index contributed by atoms with van der Waals surface area (Å²) in [5.74, 6) is -0.280. The number of hydrogen-bond acceptors (Lipinski definition) is 4. The lowest BCUT2D eigenvalue weighted by molar-refractivity contribution is -0.128. The van der Waals surface area contributed by atoms with Crippen LogP contribution in [0.4, 0.5) is 0 Å². The van der Waals surface area contributed by atoms with Gasteiger partial charge < -0.3 is 4.55 Å². The van der Waals surface area contributed by atoms with E-state index < -0.39 is 21.3 Å². The van der Waals surface area contributed by atoms with Gasteiger partial charge in [-0.05, 0) is 70.4 Å². The molecule has 0 saturated heterocycles. The Morgan fingerprint density at radius 1 is 0.861 bits per heavy atom. The summed E-state index contributed by atoms with van der Waals surface area (Å²) in [6.07, 6.45) is 1.88. The Kier molecular flexibility index (Phi) is 8.03. The molecule has 0 spiro atoms. The van der Waals surface area contributed by atoms with E-state index in [-0.39, 0.29) is 36.5 Å². The highest BCUT2D eigenvalue weighted by atomic mass is 32.2. The quantitative estimate of drug-likeness (QED) is 0.383. The Labute approximate surface area is 220 Å². The molecule has 2 fully saturated rings. The number of benzene rings is 2. The Bertz CT molecular complexity index is 1130. The molecule has 198 valence electrons. The van der Waals surface area contributed by atoms with Gasteiger partial charge in [-0.1, -0.05) is 79.7 Å². The van der Waals surface area contributed by atoms with Crippen LogP contribution in [-0.4, -0.2) is 24.5 Å². The van der Waals surface area contributed by atoms with E-state index in [0.717, 1.165) is 6.42 Å². The van der Waals surface area contributed by atoms with E-state index in [2.05, 4.69) is 90.1 Å². The minimum Gasteiger partial charge on any atom is -0.748 e. The maximum Gasteiger partial charge on any atom is 0.140 e. The first kappa shape index (κ1) is 29.0. The van der Waals surface area contributed by atoms with Gasteiger partial charge in [-0.2, -0.15) is 0 Å². The molecule has 2 aromatic carbocycles. The Balaban J connectivity index is 0.000000212. The van der Waals surface area contributed by atoms with Crippen LogP contribution in [0.1, 0.15) is 85.8 Å². The summed E-state index contributed by atoms with van der Waals surface area (Å²) in [7, 11) is -4.13. The van der Waals surface area contributed by atoms with Crippen molar-refractivity contribution in [3.63, 3.8) is 0 Å². The van der Waals surface area contributed by atoms with Crippen molar-refractivity contribution in [1.29, 1.82) is 0 Å². The number of Topliss-reactive ketones (excluding diaryl/α,β-unsaturated/α-hetero) is 1. The smallest absolute Gasteiger partial charge is 0.140 e. The van der Waals surface area contributed by atoms with Crippen LogP contribution in [0.15, 0.2) is 48.5 Å². The summed E-state index contributed by atoms with van der Waals surface area (Å²) < 4.78 is 32.7. The number of rotatable bonds is 4. The average molecular weight is 531 g/mol. The largest absolute Gasteiger partial charge is 0.748 e. The van der Waals surface area contributed by atoms with Gasteiger partial charge in [0.05, 0.1) is 35.1 Å². The van der Waals surface area contributed by atoms with E-state index in [1.54, 1.807) is 0 Å². The predicted octanol–water partition coefficient (Wildman–Crippen LogP) is 5.57. The van der Waals surface area contributed by atoms with Gasteiger partial charge in [-0.3, -0.25) is 4.79 Å². The maximum absolute atomic E-state index is 11.8. The molecule has 2 aliphatic carbocycles. The van der Waals surface area contributed by atoms with Gasteiger partial charge in [0.15, 0.2) is 0 Å². The summed E-state index contributed by atoms with van der Waals surface area (Å²) >= 11 is 0. The third-order valence-electron chi connectivity index (χ3n) is 8.45. The van der Waals surface area contributed by atoms with Gasteiger partial charge in [0.2, 0.25) is 0 Å². The highest BCUT2D eigenvalue weighted by molar-refractivity contribution is 7.85. The van der Waals surface area contributed by atoms with E-state index in [1.807, 2.05) is 13.8 Å². The fourth-order valence-corrected chi connectivity index (χ4v) is 8.20. The van der Waals surface area contributed by atoms with Crippen molar-refractivity contribution in [3.05, 3.63) is 59.7 Å². The number of fused-ring (bicyclic) bond motifs is 2. The van der Waals surface area contributed by atoms with E-state index in [9.17, 15) is 17.8 Å². The Hall–Kier alpha value is -1.55. The molecule has 2 unspecified atom stereocenters. The first-order valence-electron chi connectivity index (χ1n) is 12.9. The van der Waals surface area contributed by atoms with Gasteiger partial charge >= 0.3 is 0 Å². The molecule has 2 atom stereocenters. The van der Waals surface area contributed by atoms with Gasteiger partial charge in [-0.25, -0.2) is 8.42 Å². The zero-order chi connectivity index (χ0) is 27.2. The van der Waals surface area contributed by atoms with Crippen LogP contribution in [0.25, 0.3) is 0 Å². The van der Waals surface area contributed by atoms with Crippen LogP contribution < -0.4 is 10.6 Å². The molecule has 0 aromatic heterocycles.